The lowest BCUT2D eigenvalue weighted by atomic mass is 9.80. The molecule has 4 rings (SSSR count). The van der Waals surface area contributed by atoms with Crippen molar-refractivity contribution in [2.75, 3.05) is 19.0 Å². The van der Waals surface area contributed by atoms with Crippen molar-refractivity contribution in [3.05, 3.63) is 35.5 Å². The van der Waals surface area contributed by atoms with Gasteiger partial charge in [-0.1, -0.05) is 23.5 Å². The number of rotatable bonds is 4. The van der Waals surface area contributed by atoms with Gasteiger partial charge >= 0.3 is 6.18 Å². The molecule has 1 saturated heterocycles. The number of halogens is 3. The van der Waals surface area contributed by atoms with Crippen molar-refractivity contribution in [2.45, 2.75) is 44.4 Å². The average molecular weight is 453 g/mol. The first-order valence-electron chi connectivity index (χ1n) is 9.94. The lowest BCUT2D eigenvalue weighted by molar-refractivity contribution is -0.137. The van der Waals surface area contributed by atoms with Gasteiger partial charge < -0.3 is 15.5 Å². The number of hydrogen-bond donors (Lipinski definition) is 1. The molecule has 10 heteroatoms. The van der Waals surface area contributed by atoms with Crippen LogP contribution >= 0.6 is 11.3 Å². The maximum atomic E-state index is 13.6. The van der Waals surface area contributed by atoms with Gasteiger partial charge in [-0.3, -0.25) is 9.59 Å². The molecule has 2 N–H and O–H groups in total. The van der Waals surface area contributed by atoms with Crippen LogP contribution in [0.4, 0.5) is 18.3 Å². The van der Waals surface area contributed by atoms with E-state index in [1.54, 1.807) is 30.0 Å². The summed E-state index contributed by atoms with van der Waals surface area (Å²) in [6, 6.07) is 4.38. The van der Waals surface area contributed by atoms with E-state index in [1.807, 2.05) is 6.92 Å². The monoisotopic (exact) mass is 452 g/mol. The highest BCUT2D eigenvalue weighted by Crippen LogP contribution is 2.53. The van der Waals surface area contributed by atoms with Crippen molar-refractivity contribution >= 4 is 28.3 Å². The minimum atomic E-state index is -4.49. The number of amides is 2. The molecule has 166 valence electrons. The number of thiazole rings is 1. The molecule has 2 aliphatic rings. The fraction of sp³-hybridized carbons (Fsp3) is 0.476. The summed E-state index contributed by atoms with van der Waals surface area (Å²) < 4.78 is 39.8. The zero-order valence-corrected chi connectivity index (χ0v) is 18.2. The molecule has 1 saturated carbocycles. The standard InChI is InChI=1S/C21H23F3N4O2S/c1-11-20(18(25)30)8-7-14(10-20)28(11)17(29)15-16(31-19(26-15)27(2)3)12-5-4-6-13(9-12)21(22,23)24/h4-6,9,11,14H,7-8,10H2,1-3H3,(H2,25,30)/t11-,14+,20-/m1/s1. The Hall–Kier alpha value is -2.62. The Balaban J connectivity index is 1.78. The molecule has 1 aliphatic carbocycles. The molecular weight excluding hydrogens is 429 g/mol. The highest BCUT2D eigenvalue weighted by Gasteiger charge is 2.60. The Morgan fingerprint density at radius 1 is 1.32 bits per heavy atom. The molecule has 0 unspecified atom stereocenters. The van der Waals surface area contributed by atoms with Crippen LogP contribution in [0.2, 0.25) is 0 Å². The smallest absolute Gasteiger partial charge is 0.369 e. The lowest BCUT2D eigenvalue weighted by Gasteiger charge is -2.37. The summed E-state index contributed by atoms with van der Waals surface area (Å²) in [6.07, 6.45) is -2.68. The van der Waals surface area contributed by atoms with Gasteiger partial charge in [-0.15, -0.1) is 0 Å². The van der Waals surface area contributed by atoms with Crippen molar-refractivity contribution in [3.8, 4) is 10.4 Å². The van der Waals surface area contributed by atoms with Gasteiger partial charge in [0.05, 0.1) is 15.9 Å². The van der Waals surface area contributed by atoms with Crippen LogP contribution < -0.4 is 10.6 Å². The number of nitrogens with zero attached hydrogens (tertiary/aromatic N) is 3. The van der Waals surface area contributed by atoms with E-state index < -0.39 is 29.1 Å². The summed E-state index contributed by atoms with van der Waals surface area (Å²) >= 11 is 1.16. The van der Waals surface area contributed by atoms with Gasteiger partial charge in [-0.25, -0.2) is 4.98 Å². The number of aromatic nitrogens is 1. The highest BCUT2D eigenvalue weighted by molar-refractivity contribution is 7.19. The molecule has 2 fully saturated rings. The summed E-state index contributed by atoms with van der Waals surface area (Å²) in [4.78, 5) is 34.0. The molecule has 31 heavy (non-hydrogen) atoms. The third kappa shape index (κ3) is 3.37. The molecule has 1 aliphatic heterocycles. The predicted octanol–water partition coefficient (Wildman–Crippen LogP) is 3.76. The molecule has 1 aromatic carbocycles. The van der Waals surface area contributed by atoms with Crippen molar-refractivity contribution < 1.29 is 22.8 Å². The van der Waals surface area contributed by atoms with E-state index in [1.165, 1.54) is 6.07 Å². The fourth-order valence-corrected chi connectivity index (χ4v) is 5.80. The number of carbonyl (C=O) groups excluding carboxylic acids is 2. The number of anilines is 1. The first-order chi connectivity index (χ1) is 14.5. The molecule has 0 spiro atoms. The number of piperidine rings is 1. The SMILES string of the molecule is C[C@H]1N(C(=O)c2nc(N(C)C)sc2-c2cccc(C(F)(F)F)c2)[C@H]2CC[C@@]1(C(N)=O)C2. The largest absolute Gasteiger partial charge is 0.416 e. The predicted molar refractivity (Wildman–Crippen MR) is 112 cm³/mol. The number of benzene rings is 1. The van der Waals surface area contributed by atoms with Gasteiger partial charge in [0.15, 0.2) is 5.13 Å². The summed E-state index contributed by atoms with van der Waals surface area (Å²) in [5.41, 5.74) is 4.53. The molecule has 1 aromatic heterocycles. The van der Waals surface area contributed by atoms with E-state index in [4.69, 9.17) is 5.73 Å². The summed E-state index contributed by atoms with van der Waals surface area (Å²) in [7, 11) is 3.51. The molecule has 2 heterocycles. The van der Waals surface area contributed by atoms with E-state index in [0.717, 1.165) is 23.5 Å². The van der Waals surface area contributed by atoms with E-state index in [2.05, 4.69) is 4.98 Å². The van der Waals surface area contributed by atoms with Gasteiger partial charge in [-0.05, 0) is 43.9 Å². The second kappa shape index (κ2) is 7.22. The number of fused-ring (bicyclic) bond motifs is 2. The molecule has 2 aromatic rings. The maximum absolute atomic E-state index is 13.6. The summed E-state index contributed by atoms with van der Waals surface area (Å²) in [6.45, 7) is 1.81. The topological polar surface area (TPSA) is 79.5 Å². The minimum absolute atomic E-state index is 0.104. The van der Waals surface area contributed by atoms with Crippen LogP contribution in [0.25, 0.3) is 10.4 Å². The summed E-state index contributed by atoms with van der Waals surface area (Å²) in [5, 5.41) is 0.511. The minimum Gasteiger partial charge on any atom is -0.369 e. The Labute approximate surface area is 181 Å². The lowest BCUT2D eigenvalue weighted by Crippen LogP contribution is -2.51. The zero-order valence-electron chi connectivity index (χ0n) is 17.4. The summed E-state index contributed by atoms with van der Waals surface area (Å²) in [5.74, 6) is -0.791. The molecule has 2 bridgehead atoms. The molecule has 0 radical (unpaired) electrons. The van der Waals surface area contributed by atoms with Crippen LogP contribution in [0.5, 0.6) is 0 Å². The van der Waals surface area contributed by atoms with E-state index in [9.17, 15) is 22.8 Å². The fourth-order valence-electron chi connectivity index (χ4n) is 4.82. The van der Waals surface area contributed by atoms with E-state index in [0.29, 0.717) is 29.3 Å². The molecule has 3 atom stereocenters. The number of nitrogens with two attached hydrogens (primary N) is 1. The first kappa shape index (κ1) is 21.6. The number of primary amides is 1. The maximum Gasteiger partial charge on any atom is 0.416 e. The van der Waals surface area contributed by atoms with Gasteiger partial charge in [0.1, 0.15) is 5.69 Å². The number of alkyl halides is 3. The molecule has 2 amide bonds. The van der Waals surface area contributed by atoms with Crippen LogP contribution in [0, 0.1) is 5.41 Å². The zero-order chi connectivity index (χ0) is 22.7. The van der Waals surface area contributed by atoms with E-state index >= 15 is 0 Å². The Morgan fingerprint density at radius 3 is 2.61 bits per heavy atom. The van der Waals surface area contributed by atoms with Crippen LogP contribution in [-0.2, 0) is 11.0 Å². The second-order valence-electron chi connectivity index (χ2n) is 8.45. The van der Waals surface area contributed by atoms with E-state index in [-0.39, 0.29) is 23.2 Å². The Kier molecular flexibility index (Phi) is 5.03. The van der Waals surface area contributed by atoms with Crippen LogP contribution in [0.1, 0.15) is 42.2 Å². The normalized spacial score (nSPS) is 25.2. The van der Waals surface area contributed by atoms with Gasteiger partial charge in [0.25, 0.3) is 5.91 Å². The van der Waals surface area contributed by atoms with Crippen LogP contribution in [0.15, 0.2) is 24.3 Å². The van der Waals surface area contributed by atoms with Crippen molar-refractivity contribution in [3.63, 3.8) is 0 Å². The second-order valence-corrected chi connectivity index (χ2v) is 9.43. The Morgan fingerprint density at radius 2 is 2.03 bits per heavy atom. The van der Waals surface area contributed by atoms with Crippen LogP contribution in [0.3, 0.4) is 0 Å². The quantitative estimate of drug-likeness (QED) is 0.766. The number of carbonyl (C=O) groups is 2. The van der Waals surface area contributed by atoms with Gasteiger partial charge in [0.2, 0.25) is 5.91 Å². The molecule has 6 nitrogen and oxygen atoms in total. The number of hydrogen-bond acceptors (Lipinski definition) is 5. The van der Waals surface area contributed by atoms with Crippen molar-refractivity contribution in [2.24, 2.45) is 11.1 Å². The van der Waals surface area contributed by atoms with Crippen LogP contribution in [-0.4, -0.2) is 47.9 Å². The average Bonchev–Trinajstić information content (AvgIpc) is 3.39. The van der Waals surface area contributed by atoms with Crippen molar-refractivity contribution in [1.29, 1.82) is 0 Å². The Bertz CT molecular complexity index is 1050. The third-order valence-electron chi connectivity index (χ3n) is 6.51. The number of likely N-dealkylation sites (tertiary alicyclic amines) is 1. The van der Waals surface area contributed by atoms with Gasteiger partial charge in [0, 0.05) is 26.2 Å². The first-order valence-corrected chi connectivity index (χ1v) is 10.8. The van der Waals surface area contributed by atoms with Gasteiger partial charge in [-0.2, -0.15) is 13.2 Å². The molecular formula is C21H23F3N4O2S. The third-order valence-corrected chi connectivity index (χ3v) is 7.78. The van der Waals surface area contributed by atoms with Crippen molar-refractivity contribution in [1.82, 2.24) is 9.88 Å². The highest BCUT2D eigenvalue weighted by atomic mass is 32.1.